The van der Waals surface area contributed by atoms with Crippen LogP contribution in [0.1, 0.15) is 97.0 Å². The van der Waals surface area contributed by atoms with Gasteiger partial charge in [0.15, 0.2) is 0 Å². The summed E-state index contributed by atoms with van der Waals surface area (Å²) in [7, 11) is 0. The van der Waals surface area contributed by atoms with E-state index in [1.54, 1.807) is 0 Å². The van der Waals surface area contributed by atoms with Crippen LogP contribution in [0.4, 0.5) is 0 Å². The first-order chi connectivity index (χ1) is 16.0. The second kappa shape index (κ2) is 18.2. The molecule has 34 heavy (non-hydrogen) atoms. The Morgan fingerprint density at radius 2 is 1.76 bits per heavy atom. The highest BCUT2D eigenvalue weighted by Gasteiger charge is 2.29. The van der Waals surface area contributed by atoms with Crippen molar-refractivity contribution in [2.45, 2.75) is 110 Å². The predicted octanol–water partition coefficient (Wildman–Crippen LogP) is 6.30. The third-order valence-electron chi connectivity index (χ3n) is 7.19. The molecule has 3 unspecified atom stereocenters. The molecule has 1 aliphatic rings. The lowest BCUT2D eigenvalue weighted by atomic mass is 9.82. The number of aliphatic hydroxyl groups excluding tert-OH is 1. The first kappa shape index (κ1) is 30.9. The van der Waals surface area contributed by atoms with E-state index in [4.69, 9.17) is 0 Å². The molecule has 0 spiro atoms. The highest BCUT2D eigenvalue weighted by Crippen LogP contribution is 2.29. The standard InChI is InChI=1S/C29H50N2O2.ClH/c1-4-5-18-31-29(33)26(20-24-14-8-6-9-15-24)22-28(32)27(30-19-12-13-23(2)3)21-25-16-10-7-11-17-25;/h6,8-9,14-15,23,25-28,30,32H,4-5,7,10-13,16-22H2,1-3H3,(H,31,33);1H. The number of amides is 1. The van der Waals surface area contributed by atoms with Crippen LogP contribution in [-0.2, 0) is 11.2 Å². The van der Waals surface area contributed by atoms with E-state index < -0.39 is 6.10 Å². The first-order valence-corrected chi connectivity index (χ1v) is 13.7. The molecule has 0 aromatic heterocycles. The van der Waals surface area contributed by atoms with Gasteiger partial charge in [0.1, 0.15) is 0 Å². The molecule has 0 bridgehead atoms. The molecule has 3 N–H and O–H groups in total. The average Bonchev–Trinajstić information content (AvgIpc) is 2.81. The fourth-order valence-corrected chi connectivity index (χ4v) is 5.13. The molecular formula is C29H51ClN2O2. The van der Waals surface area contributed by atoms with Gasteiger partial charge in [0, 0.05) is 18.5 Å². The van der Waals surface area contributed by atoms with Crippen molar-refractivity contribution in [2.24, 2.45) is 17.8 Å². The molecule has 1 aliphatic carbocycles. The quantitative estimate of drug-likeness (QED) is 0.236. The van der Waals surface area contributed by atoms with Crippen molar-refractivity contribution in [3.63, 3.8) is 0 Å². The van der Waals surface area contributed by atoms with Crippen LogP contribution < -0.4 is 10.6 Å². The zero-order valence-electron chi connectivity index (χ0n) is 21.9. The van der Waals surface area contributed by atoms with E-state index in [9.17, 15) is 9.90 Å². The zero-order valence-corrected chi connectivity index (χ0v) is 22.8. The number of carbonyl (C=O) groups excluding carboxylic acids is 1. The Morgan fingerprint density at radius 3 is 2.41 bits per heavy atom. The lowest BCUT2D eigenvalue weighted by Crippen LogP contribution is -2.45. The highest BCUT2D eigenvalue weighted by atomic mass is 35.5. The maximum atomic E-state index is 13.1. The van der Waals surface area contributed by atoms with E-state index in [1.807, 2.05) is 18.2 Å². The molecule has 196 valence electrons. The summed E-state index contributed by atoms with van der Waals surface area (Å²) in [6, 6.07) is 10.3. The second-order valence-corrected chi connectivity index (χ2v) is 10.7. The van der Waals surface area contributed by atoms with Crippen molar-refractivity contribution < 1.29 is 9.90 Å². The number of nitrogens with one attached hydrogen (secondary N) is 2. The smallest absolute Gasteiger partial charge is 0.223 e. The van der Waals surface area contributed by atoms with Crippen molar-refractivity contribution >= 4 is 18.3 Å². The van der Waals surface area contributed by atoms with Gasteiger partial charge >= 0.3 is 0 Å². The van der Waals surface area contributed by atoms with Gasteiger partial charge in [-0.2, -0.15) is 0 Å². The van der Waals surface area contributed by atoms with Crippen LogP contribution in [0.25, 0.3) is 0 Å². The first-order valence-electron chi connectivity index (χ1n) is 13.7. The molecular weight excluding hydrogens is 444 g/mol. The molecule has 1 amide bonds. The van der Waals surface area contributed by atoms with Crippen molar-refractivity contribution in [1.29, 1.82) is 0 Å². The fraction of sp³-hybridized carbons (Fsp3) is 0.759. The molecule has 0 aliphatic heterocycles. The lowest BCUT2D eigenvalue weighted by molar-refractivity contribution is -0.126. The molecule has 1 aromatic rings. The van der Waals surface area contributed by atoms with Gasteiger partial charge in [-0.05, 0) is 62.5 Å². The molecule has 2 rings (SSSR count). The molecule has 5 heteroatoms. The Hall–Kier alpha value is -1.10. The summed E-state index contributed by atoms with van der Waals surface area (Å²) in [6.07, 6.45) is 12.7. The van der Waals surface area contributed by atoms with Crippen LogP contribution in [0.2, 0.25) is 0 Å². The van der Waals surface area contributed by atoms with E-state index in [0.29, 0.717) is 24.7 Å². The van der Waals surface area contributed by atoms with Gasteiger partial charge in [-0.25, -0.2) is 0 Å². The number of aliphatic hydroxyl groups is 1. The van der Waals surface area contributed by atoms with Gasteiger partial charge in [-0.3, -0.25) is 4.79 Å². The number of carbonyl (C=O) groups is 1. The molecule has 0 saturated heterocycles. The Labute approximate surface area is 215 Å². The molecule has 0 heterocycles. The van der Waals surface area contributed by atoms with Crippen LogP contribution in [-0.4, -0.2) is 36.2 Å². The monoisotopic (exact) mass is 494 g/mol. The minimum absolute atomic E-state index is 0. The van der Waals surface area contributed by atoms with Gasteiger partial charge < -0.3 is 15.7 Å². The van der Waals surface area contributed by atoms with Crippen molar-refractivity contribution in [3.8, 4) is 0 Å². The van der Waals surface area contributed by atoms with Gasteiger partial charge in [-0.1, -0.05) is 89.6 Å². The van der Waals surface area contributed by atoms with Crippen molar-refractivity contribution in [2.75, 3.05) is 13.1 Å². The molecule has 3 atom stereocenters. The summed E-state index contributed by atoms with van der Waals surface area (Å²) in [4.78, 5) is 13.1. The fourth-order valence-electron chi connectivity index (χ4n) is 5.13. The molecule has 1 fully saturated rings. The Bertz CT molecular complexity index is 634. The van der Waals surface area contributed by atoms with E-state index in [-0.39, 0.29) is 30.3 Å². The van der Waals surface area contributed by atoms with Crippen LogP contribution in [0.15, 0.2) is 30.3 Å². The summed E-state index contributed by atoms with van der Waals surface area (Å²) in [5.41, 5.74) is 1.16. The van der Waals surface area contributed by atoms with Crippen LogP contribution in [0, 0.1) is 17.8 Å². The van der Waals surface area contributed by atoms with Gasteiger partial charge in [0.2, 0.25) is 5.91 Å². The summed E-state index contributed by atoms with van der Waals surface area (Å²) in [6.45, 7) is 8.33. The predicted molar refractivity (Wildman–Crippen MR) is 146 cm³/mol. The Kier molecular flexibility index (Phi) is 16.6. The number of halogens is 1. The minimum atomic E-state index is -0.503. The molecule has 1 aromatic carbocycles. The average molecular weight is 495 g/mol. The number of hydrogen-bond donors (Lipinski definition) is 3. The lowest BCUT2D eigenvalue weighted by Gasteiger charge is -2.32. The van der Waals surface area contributed by atoms with Crippen molar-refractivity contribution in [1.82, 2.24) is 10.6 Å². The SMILES string of the molecule is CCCCNC(=O)C(Cc1ccccc1)CC(O)C(CC1CCCCC1)NCCCC(C)C.Cl. The third-order valence-corrected chi connectivity index (χ3v) is 7.19. The van der Waals surface area contributed by atoms with E-state index in [2.05, 4.69) is 43.5 Å². The van der Waals surface area contributed by atoms with Gasteiger partial charge in [0.25, 0.3) is 0 Å². The number of rotatable bonds is 16. The summed E-state index contributed by atoms with van der Waals surface area (Å²) >= 11 is 0. The Balaban J connectivity index is 0.00000578. The third kappa shape index (κ3) is 12.6. The summed E-state index contributed by atoms with van der Waals surface area (Å²) in [5.74, 6) is 1.28. The highest BCUT2D eigenvalue weighted by molar-refractivity contribution is 5.85. The van der Waals surface area contributed by atoms with Gasteiger partial charge in [-0.15, -0.1) is 12.4 Å². The maximum absolute atomic E-state index is 13.1. The van der Waals surface area contributed by atoms with Crippen LogP contribution in [0.3, 0.4) is 0 Å². The maximum Gasteiger partial charge on any atom is 0.223 e. The van der Waals surface area contributed by atoms with Crippen molar-refractivity contribution in [3.05, 3.63) is 35.9 Å². The van der Waals surface area contributed by atoms with E-state index in [1.165, 1.54) is 38.5 Å². The summed E-state index contributed by atoms with van der Waals surface area (Å²) < 4.78 is 0. The van der Waals surface area contributed by atoms with Gasteiger partial charge in [0.05, 0.1) is 6.10 Å². The number of unbranched alkanes of at least 4 members (excludes halogenated alkanes) is 1. The second-order valence-electron chi connectivity index (χ2n) is 10.7. The van der Waals surface area contributed by atoms with E-state index in [0.717, 1.165) is 44.3 Å². The topological polar surface area (TPSA) is 61.4 Å². The summed E-state index contributed by atoms with van der Waals surface area (Å²) in [5, 5.41) is 18.2. The zero-order chi connectivity index (χ0) is 23.9. The minimum Gasteiger partial charge on any atom is -0.391 e. The largest absolute Gasteiger partial charge is 0.391 e. The molecule has 0 radical (unpaired) electrons. The Morgan fingerprint density at radius 1 is 1.06 bits per heavy atom. The van der Waals surface area contributed by atoms with Crippen LogP contribution in [0.5, 0.6) is 0 Å². The molecule has 1 saturated carbocycles. The number of hydrogen-bond acceptors (Lipinski definition) is 3. The normalized spacial score (nSPS) is 17.1. The van der Waals surface area contributed by atoms with Crippen LogP contribution >= 0.6 is 12.4 Å². The van der Waals surface area contributed by atoms with E-state index >= 15 is 0 Å². The number of benzene rings is 1. The molecule has 4 nitrogen and oxygen atoms in total.